The Morgan fingerprint density at radius 3 is 2.48 bits per heavy atom. The molecule has 0 saturated carbocycles. The summed E-state index contributed by atoms with van der Waals surface area (Å²) < 4.78 is 55.6. The Morgan fingerprint density at radius 2 is 1.92 bits per heavy atom. The van der Waals surface area contributed by atoms with Crippen LogP contribution in [-0.2, 0) is 10.0 Å². The van der Waals surface area contributed by atoms with Crippen molar-refractivity contribution in [3.63, 3.8) is 0 Å². The molecule has 2 rings (SSSR count). The molecule has 11 heteroatoms. The first-order chi connectivity index (χ1) is 11.6. The maximum absolute atomic E-state index is 12.3. The van der Waals surface area contributed by atoms with Gasteiger partial charge in [0.05, 0.1) is 21.2 Å². The SMILES string of the molecule is O=C(O)c1cc(S(=O)(=O)Nc2ccc(OC(F)F)c(Cl)c2)ccc1Br. The van der Waals surface area contributed by atoms with Crippen molar-refractivity contribution in [1.29, 1.82) is 0 Å². The second-order valence-corrected chi connectivity index (χ2v) is 7.52. The van der Waals surface area contributed by atoms with Crippen LogP contribution in [0.1, 0.15) is 10.4 Å². The molecule has 2 aromatic carbocycles. The molecule has 0 radical (unpaired) electrons. The monoisotopic (exact) mass is 455 g/mol. The highest BCUT2D eigenvalue weighted by molar-refractivity contribution is 9.10. The minimum atomic E-state index is -4.12. The zero-order valence-electron chi connectivity index (χ0n) is 12.0. The molecule has 0 atom stereocenters. The van der Waals surface area contributed by atoms with Gasteiger partial charge in [0.1, 0.15) is 5.75 Å². The molecule has 25 heavy (non-hydrogen) atoms. The highest BCUT2D eigenvalue weighted by Crippen LogP contribution is 2.30. The van der Waals surface area contributed by atoms with Crippen molar-refractivity contribution in [1.82, 2.24) is 0 Å². The van der Waals surface area contributed by atoms with Gasteiger partial charge in [0.15, 0.2) is 0 Å². The maximum atomic E-state index is 12.3. The minimum absolute atomic E-state index is 0.00795. The number of carbonyl (C=O) groups is 1. The first-order valence-corrected chi connectivity index (χ1v) is 9.05. The van der Waals surface area contributed by atoms with Crippen LogP contribution < -0.4 is 9.46 Å². The van der Waals surface area contributed by atoms with E-state index in [9.17, 15) is 22.0 Å². The predicted molar refractivity (Wildman–Crippen MR) is 90.0 cm³/mol. The van der Waals surface area contributed by atoms with Gasteiger partial charge in [-0.25, -0.2) is 13.2 Å². The number of sulfonamides is 1. The van der Waals surface area contributed by atoms with Gasteiger partial charge >= 0.3 is 12.6 Å². The van der Waals surface area contributed by atoms with Crippen molar-refractivity contribution in [3.05, 3.63) is 51.5 Å². The Balaban J connectivity index is 2.31. The fourth-order valence-corrected chi connectivity index (χ4v) is 3.52. The molecule has 6 nitrogen and oxygen atoms in total. The van der Waals surface area contributed by atoms with E-state index in [-0.39, 0.29) is 31.4 Å². The predicted octanol–water partition coefficient (Wildman–Crippen LogP) is 4.20. The van der Waals surface area contributed by atoms with Gasteiger partial charge in [-0.3, -0.25) is 4.72 Å². The van der Waals surface area contributed by atoms with Crippen molar-refractivity contribution in [2.45, 2.75) is 11.5 Å². The van der Waals surface area contributed by atoms with Crippen LogP contribution in [0.3, 0.4) is 0 Å². The van der Waals surface area contributed by atoms with Gasteiger partial charge in [-0.2, -0.15) is 8.78 Å². The number of carboxylic acid groups (broad SMARTS) is 1. The number of aromatic carboxylic acids is 1. The third-order valence-corrected chi connectivity index (χ3v) is 5.24. The molecule has 2 aromatic rings. The summed E-state index contributed by atoms with van der Waals surface area (Å²) >= 11 is 8.77. The molecule has 0 saturated heterocycles. The van der Waals surface area contributed by atoms with E-state index in [0.717, 1.165) is 18.2 Å². The van der Waals surface area contributed by atoms with E-state index in [0.29, 0.717) is 0 Å². The summed E-state index contributed by atoms with van der Waals surface area (Å²) in [7, 11) is -4.12. The number of anilines is 1. The maximum Gasteiger partial charge on any atom is 0.387 e. The average molecular weight is 457 g/mol. The highest BCUT2D eigenvalue weighted by Gasteiger charge is 2.19. The molecule has 0 heterocycles. The van der Waals surface area contributed by atoms with E-state index in [1.54, 1.807) is 0 Å². The second-order valence-electron chi connectivity index (χ2n) is 4.58. The summed E-state index contributed by atoms with van der Waals surface area (Å²) in [6, 6.07) is 6.81. The van der Waals surface area contributed by atoms with Gasteiger partial charge in [0.25, 0.3) is 10.0 Å². The van der Waals surface area contributed by atoms with E-state index in [4.69, 9.17) is 16.7 Å². The Hall–Kier alpha value is -1.91. The van der Waals surface area contributed by atoms with E-state index in [2.05, 4.69) is 25.4 Å². The van der Waals surface area contributed by atoms with Gasteiger partial charge in [-0.15, -0.1) is 0 Å². The average Bonchev–Trinajstić information content (AvgIpc) is 2.49. The normalized spacial score (nSPS) is 11.4. The molecule has 0 aliphatic rings. The molecule has 134 valence electrons. The number of alkyl halides is 2. The number of halogens is 4. The van der Waals surface area contributed by atoms with E-state index in [1.807, 2.05) is 0 Å². The summed E-state index contributed by atoms with van der Waals surface area (Å²) in [6.45, 7) is -3.07. The van der Waals surface area contributed by atoms with Gasteiger partial charge in [0.2, 0.25) is 0 Å². The lowest BCUT2D eigenvalue weighted by molar-refractivity contribution is -0.0497. The number of rotatable bonds is 6. The molecule has 0 aliphatic heterocycles. The van der Waals surface area contributed by atoms with Crippen molar-refractivity contribution >= 4 is 49.2 Å². The quantitative estimate of drug-likeness (QED) is 0.679. The van der Waals surface area contributed by atoms with Gasteiger partial charge < -0.3 is 9.84 Å². The van der Waals surface area contributed by atoms with E-state index >= 15 is 0 Å². The number of benzene rings is 2. The van der Waals surface area contributed by atoms with Crippen LogP contribution in [0.15, 0.2) is 45.8 Å². The van der Waals surface area contributed by atoms with Crippen LogP contribution in [0.25, 0.3) is 0 Å². The van der Waals surface area contributed by atoms with E-state index < -0.39 is 22.6 Å². The minimum Gasteiger partial charge on any atom is -0.478 e. The lowest BCUT2D eigenvalue weighted by Gasteiger charge is -2.11. The first-order valence-electron chi connectivity index (χ1n) is 6.40. The number of ether oxygens (including phenoxy) is 1. The Bertz CT molecular complexity index is 923. The summed E-state index contributed by atoms with van der Waals surface area (Å²) in [5, 5.41) is 8.83. The number of carboxylic acids is 1. The fraction of sp³-hybridized carbons (Fsp3) is 0.0714. The van der Waals surface area contributed by atoms with Crippen LogP contribution in [0, 0.1) is 0 Å². The molecule has 2 N–H and O–H groups in total. The molecular formula is C14H9BrClF2NO5S. The second kappa shape index (κ2) is 7.54. The van der Waals surface area contributed by atoms with Crippen molar-refractivity contribution in [2.24, 2.45) is 0 Å². The third-order valence-electron chi connectivity index (χ3n) is 2.88. The van der Waals surface area contributed by atoms with Crippen molar-refractivity contribution in [3.8, 4) is 5.75 Å². The van der Waals surface area contributed by atoms with Gasteiger partial charge in [-0.1, -0.05) is 11.6 Å². The van der Waals surface area contributed by atoms with Gasteiger partial charge in [-0.05, 0) is 52.3 Å². The topological polar surface area (TPSA) is 92.7 Å². The lowest BCUT2D eigenvalue weighted by atomic mass is 10.2. The van der Waals surface area contributed by atoms with Crippen molar-refractivity contribution < 1.29 is 31.8 Å². The fourth-order valence-electron chi connectivity index (χ4n) is 1.81. The summed E-state index contributed by atoms with van der Waals surface area (Å²) in [6.07, 6.45) is 0. The summed E-state index contributed by atoms with van der Waals surface area (Å²) in [4.78, 5) is 10.8. The lowest BCUT2D eigenvalue weighted by Crippen LogP contribution is -2.14. The smallest absolute Gasteiger partial charge is 0.387 e. The molecule has 0 amide bonds. The van der Waals surface area contributed by atoms with Crippen LogP contribution >= 0.6 is 27.5 Å². The zero-order chi connectivity index (χ0) is 18.8. The Morgan fingerprint density at radius 1 is 1.24 bits per heavy atom. The molecule has 0 aromatic heterocycles. The first kappa shape index (κ1) is 19.4. The number of hydrogen-bond acceptors (Lipinski definition) is 4. The third kappa shape index (κ3) is 4.80. The van der Waals surface area contributed by atoms with Crippen LogP contribution in [-0.4, -0.2) is 26.1 Å². The Labute approximate surface area is 154 Å². The largest absolute Gasteiger partial charge is 0.478 e. The number of nitrogens with one attached hydrogen (secondary N) is 1. The van der Waals surface area contributed by atoms with Crippen LogP contribution in [0.2, 0.25) is 5.02 Å². The number of hydrogen-bond donors (Lipinski definition) is 2. The standard InChI is InChI=1S/C14H9BrClF2NO5S/c15-10-3-2-8(6-9(10)13(20)21)25(22,23)19-7-1-4-12(11(16)5-7)24-14(17)18/h1-6,14,19H,(H,20,21). The molecule has 0 spiro atoms. The van der Waals surface area contributed by atoms with Crippen molar-refractivity contribution in [2.75, 3.05) is 4.72 Å². The van der Waals surface area contributed by atoms with Crippen LogP contribution in [0.5, 0.6) is 5.75 Å². The van der Waals surface area contributed by atoms with E-state index in [1.165, 1.54) is 18.2 Å². The molecular weight excluding hydrogens is 448 g/mol. The molecule has 0 unspecified atom stereocenters. The van der Waals surface area contributed by atoms with Crippen LogP contribution in [0.4, 0.5) is 14.5 Å². The molecule has 0 fully saturated rings. The zero-order valence-corrected chi connectivity index (χ0v) is 15.2. The Kier molecular flexibility index (Phi) is 5.86. The highest BCUT2D eigenvalue weighted by atomic mass is 79.9. The summed E-state index contributed by atoms with van der Waals surface area (Å²) in [5.74, 6) is -1.61. The molecule has 0 bridgehead atoms. The van der Waals surface area contributed by atoms with Gasteiger partial charge in [0, 0.05) is 4.47 Å². The molecule has 0 aliphatic carbocycles. The summed E-state index contributed by atoms with van der Waals surface area (Å²) in [5.41, 5.74) is -0.243.